The molecule has 0 aliphatic rings. The second kappa shape index (κ2) is 7.54. The molecule has 0 aliphatic carbocycles. The van der Waals surface area contributed by atoms with Gasteiger partial charge in [0, 0.05) is 5.69 Å². The van der Waals surface area contributed by atoms with E-state index < -0.39 is 11.5 Å². The molecule has 0 fully saturated rings. The molecule has 0 radical (unpaired) electrons. The summed E-state index contributed by atoms with van der Waals surface area (Å²) in [5.74, 6) is -0.0579. The van der Waals surface area contributed by atoms with E-state index >= 15 is 0 Å². The number of anilines is 1. The van der Waals surface area contributed by atoms with Crippen molar-refractivity contribution < 1.29 is 9.90 Å². The maximum atomic E-state index is 13.1. The fraction of sp³-hybridized carbons (Fsp3) is 0.174. The quantitative estimate of drug-likeness (QED) is 0.705. The highest BCUT2D eigenvalue weighted by atomic mass is 16.3. The van der Waals surface area contributed by atoms with Crippen molar-refractivity contribution in [3.05, 3.63) is 102 Å². The summed E-state index contributed by atoms with van der Waals surface area (Å²) in [5, 5.41) is 14.3. The Hall–Kier alpha value is -2.91. The van der Waals surface area contributed by atoms with Gasteiger partial charge in [0.15, 0.2) is 5.60 Å². The number of rotatable bonds is 5. The first-order valence-corrected chi connectivity index (χ1v) is 8.76. The van der Waals surface area contributed by atoms with Crippen LogP contribution >= 0.6 is 0 Å². The number of hydrogen-bond donors (Lipinski definition) is 2. The van der Waals surface area contributed by atoms with Crippen LogP contribution in [0.15, 0.2) is 84.9 Å². The summed E-state index contributed by atoms with van der Waals surface area (Å²) in [6, 6.07) is 25.7. The van der Waals surface area contributed by atoms with E-state index in [1.807, 2.05) is 60.7 Å². The minimum absolute atomic E-state index is 0.422. The van der Waals surface area contributed by atoms with Crippen LogP contribution in [0.4, 0.5) is 5.69 Å². The molecule has 0 aromatic heterocycles. The minimum atomic E-state index is -1.76. The first-order chi connectivity index (χ1) is 12.5. The third-order valence-electron chi connectivity index (χ3n) is 4.55. The maximum absolute atomic E-state index is 13.1. The van der Waals surface area contributed by atoms with Gasteiger partial charge in [-0.3, -0.25) is 4.79 Å². The summed E-state index contributed by atoms with van der Waals surface area (Å²) >= 11 is 0. The van der Waals surface area contributed by atoms with Crippen LogP contribution in [0.3, 0.4) is 0 Å². The Morgan fingerprint density at radius 3 is 1.69 bits per heavy atom. The van der Waals surface area contributed by atoms with Gasteiger partial charge in [-0.25, -0.2) is 0 Å². The zero-order valence-electron chi connectivity index (χ0n) is 15.0. The first kappa shape index (κ1) is 17.9. The van der Waals surface area contributed by atoms with Gasteiger partial charge >= 0.3 is 0 Å². The molecule has 132 valence electrons. The van der Waals surface area contributed by atoms with Gasteiger partial charge < -0.3 is 10.4 Å². The first-order valence-electron chi connectivity index (χ1n) is 8.76. The molecule has 0 spiro atoms. The van der Waals surface area contributed by atoms with Gasteiger partial charge in [-0.2, -0.15) is 0 Å². The highest BCUT2D eigenvalue weighted by molar-refractivity contribution is 6.00. The normalized spacial score (nSPS) is 11.4. The largest absolute Gasteiger partial charge is 0.372 e. The topological polar surface area (TPSA) is 49.3 Å². The number of amides is 1. The van der Waals surface area contributed by atoms with Gasteiger partial charge in [-0.05, 0) is 34.7 Å². The van der Waals surface area contributed by atoms with Crippen molar-refractivity contribution in [1.29, 1.82) is 0 Å². The Morgan fingerprint density at radius 2 is 1.27 bits per heavy atom. The van der Waals surface area contributed by atoms with E-state index in [-0.39, 0.29) is 0 Å². The molecule has 3 nitrogen and oxygen atoms in total. The van der Waals surface area contributed by atoms with Crippen LogP contribution in [0.5, 0.6) is 0 Å². The van der Waals surface area contributed by atoms with E-state index in [4.69, 9.17) is 0 Å². The Bertz CT molecular complexity index is 816. The second-order valence-electron chi connectivity index (χ2n) is 6.67. The number of carbonyl (C=O) groups is 1. The molecule has 3 heteroatoms. The lowest BCUT2D eigenvalue weighted by Gasteiger charge is -2.28. The van der Waals surface area contributed by atoms with E-state index in [9.17, 15) is 9.90 Å². The predicted molar refractivity (Wildman–Crippen MR) is 105 cm³/mol. The molecule has 0 unspecified atom stereocenters. The monoisotopic (exact) mass is 345 g/mol. The summed E-state index contributed by atoms with van der Waals surface area (Å²) in [6.45, 7) is 4.24. The van der Waals surface area contributed by atoms with Crippen LogP contribution in [-0.4, -0.2) is 11.0 Å². The molecule has 2 N–H and O–H groups in total. The van der Waals surface area contributed by atoms with Gasteiger partial charge in [0.1, 0.15) is 0 Å². The van der Waals surface area contributed by atoms with Gasteiger partial charge in [-0.15, -0.1) is 0 Å². The predicted octanol–water partition coefficient (Wildman–Crippen LogP) is 4.68. The zero-order valence-corrected chi connectivity index (χ0v) is 15.0. The maximum Gasteiger partial charge on any atom is 0.265 e. The van der Waals surface area contributed by atoms with E-state index in [1.165, 1.54) is 5.56 Å². The van der Waals surface area contributed by atoms with Crippen LogP contribution in [0.2, 0.25) is 0 Å². The molecule has 26 heavy (non-hydrogen) atoms. The van der Waals surface area contributed by atoms with E-state index in [0.29, 0.717) is 22.7 Å². The van der Waals surface area contributed by atoms with Gasteiger partial charge in [0.05, 0.1) is 0 Å². The molecule has 0 bridgehead atoms. The molecule has 0 saturated heterocycles. The summed E-state index contributed by atoms with van der Waals surface area (Å²) in [5.41, 5.74) is 1.15. The van der Waals surface area contributed by atoms with Crippen LogP contribution in [0.25, 0.3) is 0 Å². The number of nitrogens with one attached hydrogen (secondary N) is 1. The molecule has 3 aromatic rings. The number of benzene rings is 3. The molecule has 0 aliphatic heterocycles. The fourth-order valence-electron chi connectivity index (χ4n) is 2.96. The Morgan fingerprint density at radius 1 is 0.808 bits per heavy atom. The summed E-state index contributed by atoms with van der Waals surface area (Å²) in [6.07, 6.45) is 0. The van der Waals surface area contributed by atoms with E-state index in [2.05, 4.69) is 19.2 Å². The minimum Gasteiger partial charge on any atom is -0.372 e. The number of aliphatic hydroxyl groups is 1. The lowest BCUT2D eigenvalue weighted by molar-refractivity contribution is -0.131. The summed E-state index contributed by atoms with van der Waals surface area (Å²) in [7, 11) is 0. The van der Waals surface area contributed by atoms with E-state index in [1.54, 1.807) is 24.3 Å². The molecule has 3 aromatic carbocycles. The van der Waals surface area contributed by atoms with Gasteiger partial charge in [0.25, 0.3) is 5.91 Å². The highest BCUT2D eigenvalue weighted by Gasteiger charge is 2.39. The van der Waals surface area contributed by atoms with Crippen molar-refractivity contribution >= 4 is 11.6 Å². The standard InChI is InChI=1S/C23H23NO2/c1-17(2)18-13-15-21(16-14-18)24-22(25)23(26,19-9-5-3-6-10-19)20-11-7-4-8-12-20/h3-17,26H,1-2H3,(H,24,25). The summed E-state index contributed by atoms with van der Waals surface area (Å²) in [4.78, 5) is 13.1. The van der Waals surface area contributed by atoms with Crippen LogP contribution in [0.1, 0.15) is 36.5 Å². The number of carbonyl (C=O) groups excluding carboxylic acids is 1. The Kier molecular flexibility index (Phi) is 5.19. The van der Waals surface area contributed by atoms with Crippen molar-refractivity contribution in [1.82, 2.24) is 0 Å². The molecule has 1 amide bonds. The molecular formula is C23H23NO2. The van der Waals surface area contributed by atoms with Crippen LogP contribution in [-0.2, 0) is 10.4 Å². The van der Waals surface area contributed by atoms with Crippen LogP contribution < -0.4 is 5.32 Å². The van der Waals surface area contributed by atoms with Crippen LogP contribution in [0, 0.1) is 0 Å². The fourth-order valence-corrected chi connectivity index (χ4v) is 2.96. The van der Waals surface area contributed by atoms with Crippen molar-refractivity contribution in [2.24, 2.45) is 0 Å². The average molecular weight is 345 g/mol. The third kappa shape index (κ3) is 3.53. The lowest BCUT2D eigenvalue weighted by atomic mass is 9.85. The molecule has 0 saturated carbocycles. The molecule has 0 heterocycles. The lowest BCUT2D eigenvalue weighted by Crippen LogP contribution is -2.41. The molecular weight excluding hydrogens is 322 g/mol. The zero-order chi connectivity index (χ0) is 18.6. The van der Waals surface area contributed by atoms with Crippen molar-refractivity contribution in [2.75, 3.05) is 5.32 Å². The molecule has 3 rings (SSSR count). The Labute approximate surface area is 154 Å². The van der Waals surface area contributed by atoms with Crippen molar-refractivity contribution in [3.63, 3.8) is 0 Å². The summed E-state index contributed by atoms with van der Waals surface area (Å²) < 4.78 is 0. The molecule has 0 atom stereocenters. The van der Waals surface area contributed by atoms with E-state index in [0.717, 1.165) is 0 Å². The van der Waals surface area contributed by atoms with Crippen molar-refractivity contribution in [2.45, 2.75) is 25.4 Å². The highest BCUT2D eigenvalue weighted by Crippen LogP contribution is 2.31. The van der Waals surface area contributed by atoms with Gasteiger partial charge in [0.2, 0.25) is 0 Å². The smallest absolute Gasteiger partial charge is 0.265 e. The van der Waals surface area contributed by atoms with Crippen molar-refractivity contribution in [3.8, 4) is 0 Å². The third-order valence-corrected chi connectivity index (χ3v) is 4.55. The average Bonchev–Trinajstić information content (AvgIpc) is 2.69. The number of hydrogen-bond acceptors (Lipinski definition) is 2. The second-order valence-corrected chi connectivity index (χ2v) is 6.67. The van der Waals surface area contributed by atoms with Gasteiger partial charge in [-0.1, -0.05) is 86.6 Å². The SMILES string of the molecule is CC(C)c1ccc(NC(=O)C(O)(c2ccccc2)c2ccccc2)cc1. The Balaban J connectivity index is 1.96.